The van der Waals surface area contributed by atoms with E-state index < -0.39 is 41.5 Å². The van der Waals surface area contributed by atoms with Gasteiger partial charge in [0, 0.05) is 5.92 Å². The van der Waals surface area contributed by atoms with Crippen LogP contribution in [0.1, 0.15) is 13.3 Å². The van der Waals surface area contributed by atoms with Crippen molar-refractivity contribution in [2.45, 2.75) is 25.1 Å². The van der Waals surface area contributed by atoms with Crippen molar-refractivity contribution in [3.8, 4) is 0 Å². The number of hydrogen-bond acceptors (Lipinski definition) is 4. The first kappa shape index (κ1) is 11.4. The molecule has 0 unspecified atom stereocenters. The Morgan fingerprint density at radius 3 is 2.83 bits per heavy atom. The number of amides is 3. The first-order chi connectivity index (χ1) is 8.52. The minimum absolute atomic E-state index is 0.113. The molecular weight excluding hydrogens is 243 g/mol. The van der Waals surface area contributed by atoms with E-state index in [1.54, 1.807) is 6.92 Å². The number of halogens is 1. The number of esters is 1. The van der Waals surface area contributed by atoms with E-state index in [-0.39, 0.29) is 18.9 Å². The molecule has 0 radical (unpaired) electrons. The molecule has 1 heterocycles. The van der Waals surface area contributed by atoms with Gasteiger partial charge in [-0.2, -0.15) is 0 Å². The number of hydrogen-bond donors (Lipinski definition) is 2. The summed E-state index contributed by atoms with van der Waals surface area (Å²) >= 11 is 0. The Bertz CT molecular complexity index is 454. The Morgan fingerprint density at radius 2 is 2.28 bits per heavy atom. The van der Waals surface area contributed by atoms with Gasteiger partial charge in [-0.05, 0) is 19.3 Å². The van der Waals surface area contributed by atoms with Crippen LogP contribution in [0.4, 0.5) is 9.18 Å². The zero-order valence-corrected chi connectivity index (χ0v) is 9.73. The van der Waals surface area contributed by atoms with Gasteiger partial charge in [-0.25, -0.2) is 9.18 Å². The average molecular weight is 256 g/mol. The maximum atomic E-state index is 14.0. The summed E-state index contributed by atoms with van der Waals surface area (Å²) in [6.07, 6.45) is -1.33. The number of carbonyl (C=O) groups is 3. The number of nitrogens with one attached hydrogen (secondary N) is 2. The molecule has 1 saturated heterocycles. The van der Waals surface area contributed by atoms with Crippen LogP contribution in [0.3, 0.4) is 0 Å². The normalized spacial score (nSPS) is 44.6. The standard InChI is InChI=1S/C11H13FN2O4/c1-2-18-8(15)6-4-3-5(12)11(7(4)6)9(16)13-10(17)14-11/h4-7H,2-3H2,1H3,(H2,13,14,16,17)/t4-,5+,6-,7-,11-/m0/s1. The van der Waals surface area contributed by atoms with E-state index in [9.17, 15) is 18.8 Å². The van der Waals surface area contributed by atoms with Gasteiger partial charge in [-0.1, -0.05) is 0 Å². The summed E-state index contributed by atoms with van der Waals surface area (Å²) in [5.74, 6) is -2.23. The van der Waals surface area contributed by atoms with Crippen LogP contribution in [0.2, 0.25) is 0 Å². The molecular formula is C11H13FN2O4. The summed E-state index contributed by atoms with van der Waals surface area (Å²) in [5, 5.41) is 4.41. The Balaban J connectivity index is 1.86. The van der Waals surface area contributed by atoms with Crippen molar-refractivity contribution in [3.05, 3.63) is 0 Å². The van der Waals surface area contributed by atoms with Crippen molar-refractivity contribution < 1.29 is 23.5 Å². The zero-order valence-electron chi connectivity index (χ0n) is 9.73. The number of rotatable bonds is 2. The molecule has 3 fully saturated rings. The molecule has 1 spiro atoms. The van der Waals surface area contributed by atoms with Gasteiger partial charge in [0.15, 0.2) is 5.54 Å². The predicted octanol–water partition coefficient (Wildman–Crippen LogP) is -0.268. The van der Waals surface area contributed by atoms with Crippen LogP contribution in [0.25, 0.3) is 0 Å². The van der Waals surface area contributed by atoms with Gasteiger partial charge in [0.05, 0.1) is 12.5 Å². The van der Waals surface area contributed by atoms with E-state index in [1.165, 1.54) is 0 Å². The SMILES string of the molecule is CCOC(=O)[C@H]1[C@@H]2C[C@@H](F)[C@]3(NC(=O)NC3=O)[C@@H]21. The monoisotopic (exact) mass is 256 g/mol. The molecule has 3 aliphatic rings. The number of imide groups is 1. The van der Waals surface area contributed by atoms with Crippen LogP contribution in [0, 0.1) is 17.8 Å². The van der Waals surface area contributed by atoms with E-state index in [0.29, 0.717) is 0 Å². The molecule has 2 N–H and O–H groups in total. The van der Waals surface area contributed by atoms with Gasteiger partial charge in [-0.15, -0.1) is 0 Å². The quantitative estimate of drug-likeness (QED) is 0.526. The fraction of sp³-hybridized carbons (Fsp3) is 0.727. The van der Waals surface area contributed by atoms with Crippen molar-refractivity contribution in [2.75, 3.05) is 6.61 Å². The van der Waals surface area contributed by atoms with Crippen LogP contribution in [-0.2, 0) is 14.3 Å². The predicted molar refractivity (Wildman–Crippen MR) is 56.0 cm³/mol. The third-order valence-corrected chi connectivity index (χ3v) is 4.15. The second-order valence-electron chi connectivity index (χ2n) is 4.95. The average Bonchev–Trinajstić information content (AvgIpc) is 2.82. The molecule has 0 aromatic heterocycles. The second kappa shape index (κ2) is 3.43. The van der Waals surface area contributed by atoms with Crippen molar-refractivity contribution in [1.82, 2.24) is 10.6 Å². The Kier molecular flexibility index (Phi) is 2.18. The van der Waals surface area contributed by atoms with Gasteiger partial charge in [-0.3, -0.25) is 14.9 Å². The van der Waals surface area contributed by atoms with Crippen LogP contribution >= 0.6 is 0 Å². The lowest BCUT2D eigenvalue weighted by Crippen LogP contribution is -2.55. The molecule has 3 rings (SSSR count). The molecule has 18 heavy (non-hydrogen) atoms. The zero-order chi connectivity index (χ0) is 13.1. The largest absolute Gasteiger partial charge is 0.466 e. The van der Waals surface area contributed by atoms with Crippen LogP contribution < -0.4 is 10.6 Å². The maximum absolute atomic E-state index is 14.0. The van der Waals surface area contributed by atoms with E-state index in [4.69, 9.17) is 4.74 Å². The smallest absolute Gasteiger partial charge is 0.322 e. The summed E-state index contributed by atoms with van der Waals surface area (Å²) in [5.41, 5.74) is -1.56. The molecule has 3 amide bonds. The Morgan fingerprint density at radius 1 is 1.56 bits per heavy atom. The molecule has 6 nitrogen and oxygen atoms in total. The highest BCUT2D eigenvalue weighted by Gasteiger charge is 2.77. The third kappa shape index (κ3) is 1.19. The highest BCUT2D eigenvalue weighted by atomic mass is 19.1. The van der Waals surface area contributed by atoms with Gasteiger partial charge < -0.3 is 10.1 Å². The lowest BCUT2D eigenvalue weighted by atomic mass is 9.89. The van der Waals surface area contributed by atoms with Gasteiger partial charge in [0.25, 0.3) is 5.91 Å². The molecule has 98 valence electrons. The number of fused-ring (bicyclic) bond motifs is 2. The summed E-state index contributed by atoms with van der Waals surface area (Å²) < 4.78 is 18.9. The van der Waals surface area contributed by atoms with Gasteiger partial charge in [0.1, 0.15) is 6.17 Å². The fourth-order valence-electron chi connectivity index (χ4n) is 3.42. The summed E-state index contributed by atoms with van der Waals surface area (Å²) in [6.45, 7) is 1.94. The summed E-state index contributed by atoms with van der Waals surface area (Å²) in [7, 11) is 0. The minimum Gasteiger partial charge on any atom is -0.466 e. The van der Waals surface area contributed by atoms with E-state index in [2.05, 4.69) is 5.32 Å². The topological polar surface area (TPSA) is 84.5 Å². The molecule has 0 aromatic carbocycles. The van der Waals surface area contributed by atoms with Gasteiger partial charge >= 0.3 is 12.0 Å². The first-order valence-corrected chi connectivity index (χ1v) is 5.96. The number of urea groups is 1. The lowest BCUT2D eigenvalue weighted by Gasteiger charge is -2.26. The fourth-order valence-corrected chi connectivity index (χ4v) is 3.42. The van der Waals surface area contributed by atoms with Gasteiger partial charge in [0.2, 0.25) is 0 Å². The van der Waals surface area contributed by atoms with Crippen LogP contribution in [0.15, 0.2) is 0 Å². The lowest BCUT2D eigenvalue weighted by molar-refractivity contribution is -0.146. The van der Waals surface area contributed by atoms with E-state index in [0.717, 1.165) is 0 Å². The summed E-state index contributed by atoms with van der Waals surface area (Å²) in [6, 6.07) is -0.696. The number of carbonyl (C=O) groups excluding carboxylic acids is 3. The molecule has 7 heteroatoms. The third-order valence-electron chi connectivity index (χ3n) is 4.15. The molecule has 2 saturated carbocycles. The van der Waals surface area contributed by atoms with Crippen molar-refractivity contribution in [1.29, 1.82) is 0 Å². The second-order valence-corrected chi connectivity index (χ2v) is 4.95. The molecule has 1 aliphatic heterocycles. The highest BCUT2D eigenvalue weighted by molar-refractivity contribution is 6.09. The first-order valence-electron chi connectivity index (χ1n) is 5.96. The maximum Gasteiger partial charge on any atom is 0.322 e. The van der Waals surface area contributed by atoms with Crippen molar-refractivity contribution >= 4 is 17.9 Å². The molecule has 2 aliphatic carbocycles. The van der Waals surface area contributed by atoms with Crippen LogP contribution in [0.5, 0.6) is 0 Å². The highest BCUT2D eigenvalue weighted by Crippen LogP contribution is 2.64. The molecule has 5 atom stereocenters. The molecule has 0 aromatic rings. The number of ether oxygens (including phenoxy) is 1. The van der Waals surface area contributed by atoms with Crippen LogP contribution in [-0.4, -0.2) is 36.2 Å². The Labute approximate surface area is 102 Å². The van der Waals surface area contributed by atoms with Crippen molar-refractivity contribution in [2.24, 2.45) is 17.8 Å². The van der Waals surface area contributed by atoms with E-state index >= 15 is 0 Å². The number of alkyl halides is 1. The Hall–Kier alpha value is -1.66. The van der Waals surface area contributed by atoms with E-state index in [1.807, 2.05) is 5.32 Å². The minimum atomic E-state index is -1.56. The van der Waals surface area contributed by atoms with Crippen molar-refractivity contribution in [3.63, 3.8) is 0 Å². The summed E-state index contributed by atoms with van der Waals surface area (Å²) in [4.78, 5) is 34.7. The molecule has 0 bridgehead atoms.